The van der Waals surface area contributed by atoms with E-state index in [-0.39, 0.29) is 11.9 Å². The molecule has 130 valence electrons. The van der Waals surface area contributed by atoms with E-state index in [2.05, 4.69) is 30.0 Å². The summed E-state index contributed by atoms with van der Waals surface area (Å²) in [6.45, 7) is 6.82. The van der Waals surface area contributed by atoms with Gasteiger partial charge in [-0.05, 0) is 31.4 Å². The molecule has 1 saturated heterocycles. The van der Waals surface area contributed by atoms with E-state index in [0.29, 0.717) is 25.6 Å². The quantitative estimate of drug-likeness (QED) is 0.783. The minimum atomic E-state index is -0.112. The van der Waals surface area contributed by atoms with Crippen LogP contribution in [0, 0.1) is 18.3 Å². The summed E-state index contributed by atoms with van der Waals surface area (Å²) in [4.78, 5) is 14.7. The van der Waals surface area contributed by atoms with E-state index >= 15 is 0 Å². The van der Waals surface area contributed by atoms with Crippen LogP contribution in [0.1, 0.15) is 38.7 Å². The van der Waals surface area contributed by atoms with Gasteiger partial charge < -0.3 is 10.1 Å². The average molecular weight is 328 g/mol. The van der Waals surface area contributed by atoms with Crippen LogP contribution in [0.3, 0.4) is 0 Å². The van der Waals surface area contributed by atoms with Gasteiger partial charge in [0.2, 0.25) is 5.91 Å². The normalized spacial score (nSPS) is 18.2. The van der Waals surface area contributed by atoms with E-state index < -0.39 is 0 Å². The van der Waals surface area contributed by atoms with Crippen molar-refractivity contribution in [3.8, 4) is 18.1 Å². The van der Waals surface area contributed by atoms with Crippen LogP contribution in [0.15, 0.2) is 24.3 Å². The summed E-state index contributed by atoms with van der Waals surface area (Å²) < 4.78 is 5.85. The second-order valence-electron chi connectivity index (χ2n) is 6.72. The lowest BCUT2D eigenvalue weighted by atomic mass is 10.0. The minimum Gasteiger partial charge on any atom is -0.493 e. The Morgan fingerprint density at radius 2 is 2.21 bits per heavy atom. The molecule has 4 nitrogen and oxygen atoms in total. The number of likely N-dealkylation sites (tertiary alicyclic amines) is 1. The van der Waals surface area contributed by atoms with E-state index in [1.807, 2.05) is 24.3 Å². The molecular weight excluding hydrogens is 300 g/mol. The summed E-state index contributed by atoms with van der Waals surface area (Å²) in [6.07, 6.45) is 8.48. The number of nitrogens with zero attached hydrogens (tertiary/aromatic N) is 1. The minimum absolute atomic E-state index is 0.0589. The lowest BCUT2D eigenvalue weighted by molar-refractivity contribution is -0.127. The van der Waals surface area contributed by atoms with Gasteiger partial charge in [0.15, 0.2) is 0 Å². The second-order valence-corrected chi connectivity index (χ2v) is 6.72. The van der Waals surface area contributed by atoms with E-state index in [1.54, 1.807) is 0 Å². The van der Waals surface area contributed by atoms with E-state index in [1.165, 1.54) is 0 Å². The van der Waals surface area contributed by atoms with Gasteiger partial charge in [0.05, 0.1) is 19.2 Å². The number of hydrogen-bond donors (Lipinski definition) is 1. The first-order valence-corrected chi connectivity index (χ1v) is 8.77. The lowest BCUT2D eigenvalue weighted by Gasteiger charge is -2.33. The molecule has 1 fully saturated rings. The molecule has 1 unspecified atom stereocenters. The Balaban J connectivity index is 1.94. The molecule has 1 heterocycles. The number of nitrogens with one attached hydrogen (secondary N) is 1. The third-order valence-corrected chi connectivity index (χ3v) is 4.21. The first kappa shape index (κ1) is 18.4. The van der Waals surface area contributed by atoms with Crippen molar-refractivity contribution in [3.63, 3.8) is 0 Å². The summed E-state index contributed by atoms with van der Waals surface area (Å²) >= 11 is 0. The molecule has 1 aliphatic rings. The van der Waals surface area contributed by atoms with Crippen molar-refractivity contribution >= 4 is 5.91 Å². The summed E-state index contributed by atoms with van der Waals surface area (Å²) in [5.74, 6) is 4.03. The SMILES string of the molecule is C#CCN1CCCCC1C(=O)NCc1ccccc1OCC(C)C. The van der Waals surface area contributed by atoms with Crippen molar-refractivity contribution in [1.82, 2.24) is 10.2 Å². The number of ether oxygens (including phenoxy) is 1. The number of piperidine rings is 1. The Bertz CT molecular complexity index is 577. The number of rotatable bonds is 7. The third kappa shape index (κ3) is 5.28. The molecule has 0 bridgehead atoms. The second kappa shape index (κ2) is 9.34. The molecule has 1 aromatic carbocycles. The predicted octanol–water partition coefficient (Wildman–Crippen LogP) is 2.83. The first-order valence-electron chi connectivity index (χ1n) is 8.77. The number of carbonyl (C=O) groups is 1. The third-order valence-electron chi connectivity index (χ3n) is 4.21. The van der Waals surface area contributed by atoms with Crippen molar-refractivity contribution in [3.05, 3.63) is 29.8 Å². The number of carbonyl (C=O) groups excluding carboxylic acids is 1. The van der Waals surface area contributed by atoms with Crippen LogP contribution in [-0.2, 0) is 11.3 Å². The molecule has 1 aliphatic heterocycles. The van der Waals surface area contributed by atoms with Crippen LogP contribution in [0.25, 0.3) is 0 Å². The molecule has 2 rings (SSSR count). The fourth-order valence-corrected chi connectivity index (χ4v) is 2.94. The van der Waals surface area contributed by atoms with E-state index in [9.17, 15) is 4.79 Å². The maximum Gasteiger partial charge on any atom is 0.237 e. The number of hydrogen-bond acceptors (Lipinski definition) is 3. The first-order chi connectivity index (χ1) is 11.6. The Hall–Kier alpha value is -1.99. The maximum absolute atomic E-state index is 12.6. The standard InChI is InChI=1S/C20H28N2O2/c1-4-12-22-13-8-7-10-18(22)20(23)21-14-17-9-5-6-11-19(17)24-15-16(2)3/h1,5-6,9,11,16,18H,7-8,10,12-15H2,2-3H3,(H,21,23). The highest BCUT2D eigenvalue weighted by atomic mass is 16.5. The Labute approximate surface area is 145 Å². The summed E-state index contributed by atoms with van der Waals surface area (Å²) in [6, 6.07) is 7.76. The zero-order chi connectivity index (χ0) is 17.4. The maximum atomic E-state index is 12.6. The number of benzene rings is 1. The molecular formula is C20H28N2O2. The van der Waals surface area contributed by atoms with Gasteiger partial charge in [-0.15, -0.1) is 6.42 Å². The molecule has 0 aromatic heterocycles. The molecule has 1 aromatic rings. The summed E-state index contributed by atoms with van der Waals surface area (Å²) in [7, 11) is 0. The fourth-order valence-electron chi connectivity index (χ4n) is 2.94. The molecule has 1 N–H and O–H groups in total. The van der Waals surface area contributed by atoms with Gasteiger partial charge in [0.25, 0.3) is 0 Å². The van der Waals surface area contributed by atoms with Gasteiger partial charge in [-0.25, -0.2) is 0 Å². The van der Waals surface area contributed by atoms with Crippen molar-refractivity contribution in [1.29, 1.82) is 0 Å². The molecule has 4 heteroatoms. The van der Waals surface area contributed by atoms with Crippen molar-refractivity contribution in [2.75, 3.05) is 19.7 Å². The lowest BCUT2D eigenvalue weighted by Crippen LogP contribution is -2.49. The highest BCUT2D eigenvalue weighted by molar-refractivity contribution is 5.81. The van der Waals surface area contributed by atoms with Gasteiger partial charge in [0, 0.05) is 12.1 Å². The zero-order valence-corrected chi connectivity index (χ0v) is 14.8. The van der Waals surface area contributed by atoms with E-state index in [4.69, 9.17) is 11.2 Å². The largest absolute Gasteiger partial charge is 0.493 e. The highest BCUT2D eigenvalue weighted by Crippen LogP contribution is 2.20. The van der Waals surface area contributed by atoms with E-state index in [0.717, 1.165) is 37.1 Å². The van der Waals surface area contributed by atoms with Crippen LogP contribution in [0.5, 0.6) is 5.75 Å². The summed E-state index contributed by atoms with van der Waals surface area (Å²) in [5, 5.41) is 3.06. The van der Waals surface area contributed by atoms with Crippen molar-refractivity contribution in [2.24, 2.45) is 5.92 Å². The predicted molar refractivity (Wildman–Crippen MR) is 96.7 cm³/mol. The molecule has 1 amide bonds. The summed E-state index contributed by atoms with van der Waals surface area (Å²) in [5.41, 5.74) is 1.01. The molecule has 24 heavy (non-hydrogen) atoms. The molecule has 1 atom stereocenters. The van der Waals surface area contributed by atoms with Gasteiger partial charge in [-0.1, -0.05) is 44.4 Å². The van der Waals surface area contributed by atoms with Crippen LogP contribution < -0.4 is 10.1 Å². The topological polar surface area (TPSA) is 41.6 Å². The Morgan fingerprint density at radius 3 is 2.96 bits per heavy atom. The Kier molecular flexibility index (Phi) is 7.14. The molecule has 0 spiro atoms. The number of terminal acetylenes is 1. The van der Waals surface area contributed by atoms with Gasteiger partial charge in [-0.3, -0.25) is 9.69 Å². The van der Waals surface area contributed by atoms with Crippen LogP contribution in [0.4, 0.5) is 0 Å². The van der Waals surface area contributed by atoms with Crippen molar-refractivity contribution in [2.45, 2.75) is 45.7 Å². The average Bonchev–Trinajstić information content (AvgIpc) is 2.59. The number of amides is 1. The molecule has 0 saturated carbocycles. The smallest absolute Gasteiger partial charge is 0.237 e. The Morgan fingerprint density at radius 1 is 1.42 bits per heavy atom. The van der Waals surface area contributed by atoms with Gasteiger partial charge in [-0.2, -0.15) is 0 Å². The zero-order valence-electron chi connectivity index (χ0n) is 14.8. The van der Waals surface area contributed by atoms with Crippen LogP contribution >= 0.6 is 0 Å². The molecule has 0 aliphatic carbocycles. The van der Waals surface area contributed by atoms with Crippen LogP contribution in [-0.4, -0.2) is 36.5 Å². The fraction of sp³-hybridized carbons (Fsp3) is 0.550. The van der Waals surface area contributed by atoms with Gasteiger partial charge >= 0.3 is 0 Å². The van der Waals surface area contributed by atoms with Crippen LogP contribution in [0.2, 0.25) is 0 Å². The monoisotopic (exact) mass is 328 g/mol. The van der Waals surface area contributed by atoms with Gasteiger partial charge in [0.1, 0.15) is 5.75 Å². The van der Waals surface area contributed by atoms with Crippen molar-refractivity contribution < 1.29 is 9.53 Å². The highest BCUT2D eigenvalue weighted by Gasteiger charge is 2.27. The molecule has 0 radical (unpaired) electrons. The number of para-hydroxylation sites is 1.